The lowest BCUT2D eigenvalue weighted by Crippen LogP contribution is -2.48. The second-order valence-corrected chi connectivity index (χ2v) is 3.45. The summed E-state index contributed by atoms with van der Waals surface area (Å²) in [6.45, 7) is -0.157. The van der Waals surface area contributed by atoms with Crippen molar-refractivity contribution in [1.82, 2.24) is 10.6 Å². The highest BCUT2D eigenvalue weighted by atomic mass is 32.2. The van der Waals surface area contributed by atoms with E-state index in [1.54, 1.807) is 11.8 Å². The highest BCUT2D eigenvalue weighted by molar-refractivity contribution is 7.98. The number of carbonyl (C=O) groups excluding carboxylic acids is 1. The van der Waals surface area contributed by atoms with E-state index in [2.05, 4.69) is 10.6 Å². The smallest absolute Gasteiger partial charge is 0.328 e. The van der Waals surface area contributed by atoms with Crippen molar-refractivity contribution in [2.24, 2.45) is 0 Å². The van der Waals surface area contributed by atoms with Gasteiger partial charge in [0.25, 0.3) is 0 Å². The van der Waals surface area contributed by atoms with Crippen LogP contribution in [0, 0.1) is 0 Å². The molecule has 2 amide bonds. The number of aliphatic hydroxyl groups excluding tert-OH is 1. The Hall–Kier alpha value is -0.950. The lowest BCUT2D eigenvalue weighted by Gasteiger charge is -2.12. The largest absolute Gasteiger partial charge is 0.480 e. The fourth-order valence-electron chi connectivity index (χ4n) is 0.661. The zero-order valence-corrected chi connectivity index (χ0v) is 8.63. The number of urea groups is 1. The molecule has 14 heavy (non-hydrogen) atoms. The Morgan fingerprint density at radius 1 is 1.50 bits per heavy atom. The van der Waals surface area contributed by atoms with Crippen molar-refractivity contribution in [3.63, 3.8) is 0 Å². The average Bonchev–Trinajstić information content (AvgIpc) is 2.14. The van der Waals surface area contributed by atoms with Gasteiger partial charge in [-0.2, -0.15) is 11.8 Å². The molecule has 0 unspecified atom stereocenters. The van der Waals surface area contributed by atoms with Crippen molar-refractivity contribution in [2.75, 3.05) is 25.2 Å². The molecule has 0 aliphatic carbocycles. The van der Waals surface area contributed by atoms with Gasteiger partial charge in [-0.1, -0.05) is 0 Å². The van der Waals surface area contributed by atoms with E-state index in [4.69, 9.17) is 10.2 Å². The van der Waals surface area contributed by atoms with Crippen LogP contribution in [0.15, 0.2) is 0 Å². The Morgan fingerprint density at radius 3 is 2.57 bits per heavy atom. The van der Waals surface area contributed by atoms with E-state index >= 15 is 0 Å². The number of rotatable bonds is 6. The fraction of sp³-hybridized carbons (Fsp3) is 0.714. The van der Waals surface area contributed by atoms with Crippen molar-refractivity contribution in [2.45, 2.75) is 6.04 Å². The summed E-state index contributed by atoms with van der Waals surface area (Å²) in [5.74, 6) is -0.503. The van der Waals surface area contributed by atoms with E-state index in [0.29, 0.717) is 6.54 Å². The molecule has 0 aliphatic rings. The molecule has 0 fully saturated rings. The molecule has 0 aromatic carbocycles. The van der Waals surface area contributed by atoms with Crippen LogP contribution in [0.25, 0.3) is 0 Å². The van der Waals surface area contributed by atoms with Crippen LogP contribution < -0.4 is 10.6 Å². The van der Waals surface area contributed by atoms with Gasteiger partial charge in [0.2, 0.25) is 0 Å². The van der Waals surface area contributed by atoms with E-state index < -0.39 is 24.6 Å². The molecule has 0 aromatic rings. The van der Waals surface area contributed by atoms with E-state index in [-0.39, 0.29) is 0 Å². The first-order valence-electron chi connectivity index (χ1n) is 3.98. The van der Waals surface area contributed by atoms with Gasteiger partial charge in [-0.25, -0.2) is 9.59 Å². The van der Waals surface area contributed by atoms with Gasteiger partial charge in [0.05, 0.1) is 6.61 Å². The Labute approximate surface area is 86.1 Å². The number of carboxylic acid groups (broad SMARTS) is 1. The van der Waals surface area contributed by atoms with Gasteiger partial charge in [0, 0.05) is 12.3 Å². The zero-order valence-electron chi connectivity index (χ0n) is 7.82. The topological polar surface area (TPSA) is 98.7 Å². The summed E-state index contributed by atoms with van der Waals surface area (Å²) < 4.78 is 0. The maximum atomic E-state index is 11.0. The van der Waals surface area contributed by atoms with Crippen LogP contribution >= 0.6 is 11.8 Å². The predicted molar refractivity (Wildman–Crippen MR) is 53.4 cm³/mol. The number of aliphatic carboxylic acids is 1. The number of aliphatic hydroxyl groups is 1. The Balaban J connectivity index is 3.74. The molecule has 0 saturated carbocycles. The molecule has 82 valence electrons. The molecule has 0 aliphatic heterocycles. The number of carboxylic acids is 1. The third kappa shape index (κ3) is 5.65. The van der Waals surface area contributed by atoms with Crippen LogP contribution in [-0.4, -0.2) is 53.4 Å². The zero-order chi connectivity index (χ0) is 11.0. The highest BCUT2D eigenvalue weighted by Gasteiger charge is 2.17. The second-order valence-electron chi connectivity index (χ2n) is 2.47. The molecule has 1 atom stereocenters. The van der Waals surface area contributed by atoms with E-state index in [1.165, 1.54) is 0 Å². The van der Waals surface area contributed by atoms with Crippen LogP contribution in [0.1, 0.15) is 0 Å². The molecule has 0 heterocycles. The maximum Gasteiger partial charge on any atom is 0.328 e. The van der Waals surface area contributed by atoms with Gasteiger partial charge in [-0.3, -0.25) is 0 Å². The first-order chi connectivity index (χ1) is 6.61. The summed E-state index contributed by atoms with van der Waals surface area (Å²) in [5.41, 5.74) is 0. The van der Waals surface area contributed by atoms with Crippen LogP contribution in [0.5, 0.6) is 0 Å². The first kappa shape index (κ1) is 13.1. The number of hydrogen-bond acceptors (Lipinski definition) is 4. The number of thioether (sulfide) groups is 1. The van der Waals surface area contributed by atoms with Crippen LogP contribution in [-0.2, 0) is 4.79 Å². The van der Waals surface area contributed by atoms with Crippen molar-refractivity contribution in [3.05, 3.63) is 0 Å². The summed E-state index contributed by atoms with van der Waals surface area (Å²) in [7, 11) is 0. The molecule has 6 nitrogen and oxygen atoms in total. The standard InChI is InChI=1S/C7H14N2O4S/c1-14-3-2-8-7(13)9-5(4-10)6(11)12/h5,10H,2-4H2,1H3,(H,11,12)(H2,8,9,13)/t5-/m1/s1. The maximum absolute atomic E-state index is 11.0. The normalized spacial score (nSPS) is 11.9. The number of carbonyl (C=O) groups is 2. The molecule has 0 bridgehead atoms. The molecule has 0 radical (unpaired) electrons. The summed E-state index contributed by atoms with van der Waals surface area (Å²) in [4.78, 5) is 21.4. The molecular weight excluding hydrogens is 208 g/mol. The van der Waals surface area contributed by atoms with Gasteiger partial charge in [0.1, 0.15) is 0 Å². The second kappa shape index (κ2) is 7.45. The Bertz CT molecular complexity index is 200. The third-order valence-electron chi connectivity index (χ3n) is 1.38. The predicted octanol–water partition coefficient (Wildman–Crippen LogP) is -0.906. The van der Waals surface area contributed by atoms with Crippen molar-refractivity contribution in [1.29, 1.82) is 0 Å². The van der Waals surface area contributed by atoms with Gasteiger partial charge in [-0.05, 0) is 6.26 Å². The minimum Gasteiger partial charge on any atom is -0.480 e. The molecular formula is C7H14N2O4S. The van der Waals surface area contributed by atoms with Crippen LogP contribution in [0.3, 0.4) is 0 Å². The SMILES string of the molecule is CSCCNC(=O)N[C@H](CO)C(=O)O. The van der Waals surface area contributed by atoms with Crippen LogP contribution in [0.2, 0.25) is 0 Å². The van der Waals surface area contributed by atoms with Crippen LogP contribution in [0.4, 0.5) is 4.79 Å². The van der Waals surface area contributed by atoms with Gasteiger partial charge in [0.15, 0.2) is 6.04 Å². The van der Waals surface area contributed by atoms with E-state index in [9.17, 15) is 9.59 Å². The average molecular weight is 222 g/mol. The quantitative estimate of drug-likeness (QED) is 0.436. The number of amides is 2. The molecule has 0 saturated heterocycles. The lowest BCUT2D eigenvalue weighted by atomic mass is 10.3. The highest BCUT2D eigenvalue weighted by Crippen LogP contribution is 1.87. The molecule has 0 aromatic heterocycles. The Morgan fingerprint density at radius 2 is 2.14 bits per heavy atom. The summed E-state index contributed by atoms with van der Waals surface area (Å²) in [6, 6.07) is -1.83. The van der Waals surface area contributed by atoms with Gasteiger partial charge in [-0.15, -0.1) is 0 Å². The fourth-order valence-corrected chi connectivity index (χ4v) is 0.968. The van der Waals surface area contributed by atoms with Crippen molar-refractivity contribution < 1.29 is 19.8 Å². The van der Waals surface area contributed by atoms with Gasteiger partial charge < -0.3 is 20.8 Å². The van der Waals surface area contributed by atoms with E-state index in [1.807, 2.05) is 6.26 Å². The summed E-state index contributed by atoms with van der Waals surface area (Å²) in [5, 5.41) is 21.7. The summed E-state index contributed by atoms with van der Waals surface area (Å²) in [6.07, 6.45) is 1.90. The third-order valence-corrected chi connectivity index (χ3v) is 1.99. The molecule has 7 heteroatoms. The number of hydrogen-bond donors (Lipinski definition) is 4. The lowest BCUT2D eigenvalue weighted by molar-refractivity contribution is -0.140. The molecule has 4 N–H and O–H groups in total. The monoisotopic (exact) mass is 222 g/mol. The summed E-state index contributed by atoms with van der Waals surface area (Å²) >= 11 is 1.57. The van der Waals surface area contributed by atoms with Gasteiger partial charge >= 0.3 is 12.0 Å². The first-order valence-corrected chi connectivity index (χ1v) is 5.38. The van der Waals surface area contributed by atoms with Crippen molar-refractivity contribution in [3.8, 4) is 0 Å². The molecule has 0 rings (SSSR count). The Kier molecular flexibility index (Phi) is 6.95. The minimum absolute atomic E-state index is 0.463. The van der Waals surface area contributed by atoms with Crippen molar-refractivity contribution >= 4 is 23.8 Å². The number of nitrogens with one attached hydrogen (secondary N) is 2. The molecule has 0 spiro atoms. The minimum atomic E-state index is -1.26. The van der Waals surface area contributed by atoms with E-state index in [0.717, 1.165) is 5.75 Å².